The zero-order chi connectivity index (χ0) is 18.3. The van der Waals surface area contributed by atoms with Gasteiger partial charge in [0.2, 0.25) is 11.8 Å². The average molecular weight is 350 g/mol. The Hall–Kier alpha value is -1.95. The van der Waals surface area contributed by atoms with Gasteiger partial charge in [-0.05, 0) is 37.3 Å². The number of methoxy groups -OCH3 is 1. The SMILES string of the molecule is CO[C@@]1(CCC(=O)NCCc2ccccc2F)CCCN(C(C)=O)C1. The first kappa shape index (κ1) is 19.4. The molecular weight excluding hydrogens is 323 g/mol. The zero-order valence-electron chi connectivity index (χ0n) is 15.0. The van der Waals surface area contributed by atoms with E-state index >= 15 is 0 Å². The van der Waals surface area contributed by atoms with Crippen LogP contribution in [-0.2, 0) is 20.7 Å². The lowest BCUT2D eigenvalue weighted by Gasteiger charge is -2.41. The second-order valence-electron chi connectivity index (χ2n) is 6.62. The summed E-state index contributed by atoms with van der Waals surface area (Å²) in [5.41, 5.74) is 0.146. The summed E-state index contributed by atoms with van der Waals surface area (Å²) in [6.45, 7) is 3.23. The standard InChI is InChI=1S/C19H27FN2O3/c1-15(23)22-13-5-10-19(14-22,25-2)11-8-18(24)21-12-9-16-6-3-4-7-17(16)20/h3-4,6-7H,5,8-14H2,1-2H3,(H,21,24)/t19-/m1/s1. The van der Waals surface area contributed by atoms with Crippen molar-refractivity contribution >= 4 is 11.8 Å². The summed E-state index contributed by atoms with van der Waals surface area (Å²) in [5.74, 6) is -0.287. The molecule has 1 saturated heterocycles. The number of carbonyl (C=O) groups is 2. The molecule has 5 nitrogen and oxygen atoms in total. The number of carbonyl (C=O) groups excluding carboxylic acids is 2. The Morgan fingerprint density at radius 1 is 1.36 bits per heavy atom. The van der Waals surface area contributed by atoms with Crippen LogP contribution in [0.3, 0.4) is 0 Å². The van der Waals surface area contributed by atoms with Crippen LogP contribution in [0.1, 0.15) is 38.2 Å². The summed E-state index contributed by atoms with van der Waals surface area (Å²) in [6.07, 6.45) is 3.08. The van der Waals surface area contributed by atoms with Crippen LogP contribution in [0, 0.1) is 5.82 Å². The minimum Gasteiger partial charge on any atom is -0.376 e. The van der Waals surface area contributed by atoms with Crippen molar-refractivity contribution in [1.82, 2.24) is 10.2 Å². The van der Waals surface area contributed by atoms with Gasteiger partial charge in [-0.1, -0.05) is 18.2 Å². The van der Waals surface area contributed by atoms with Gasteiger partial charge in [0.1, 0.15) is 5.82 Å². The molecule has 1 aliphatic rings. The van der Waals surface area contributed by atoms with Crippen LogP contribution in [0.2, 0.25) is 0 Å². The number of nitrogens with one attached hydrogen (secondary N) is 1. The van der Waals surface area contributed by atoms with Crippen LogP contribution in [0.25, 0.3) is 0 Å². The Morgan fingerprint density at radius 2 is 2.12 bits per heavy atom. The van der Waals surface area contributed by atoms with Crippen LogP contribution in [-0.4, -0.2) is 49.1 Å². The third-order valence-electron chi connectivity index (χ3n) is 4.90. The van der Waals surface area contributed by atoms with Gasteiger partial charge in [-0.3, -0.25) is 9.59 Å². The lowest BCUT2D eigenvalue weighted by atomic mass is 9.87. The molecule has 1 aromatic carbocycles. The third-order valence-corrected chi connectivity index (χ3v) is 4.90. The third kappa shape index (κ3) is 5.53. The quantitative estimate of drug-likeness (QED) is 0.821. The molecule has 25 heavy (non-hydrogen) atoms. The smallest absolute Gasteiger partial charge is 0.220 e. The van der Waals surface area contributed by atoms with Gasteiger partial charge < -0.3 is 15.0 Å². The van der Waals surface area contributed by atoms with E-state index in [1.165, 1.54) is 6.07 Å². The van der Waals surface area contributed by atoms with Crippen molar-refractivity contribution in [2.24, 2.45) is 0 Å². The summed E-state index contributed by atoms with van der Waals surface area (Å²) < 4.78 is 19.2. The number of likely N-dealkylation sites (tertiary alicyclic amines) is 1. The summed E-state index contributed by atoms with van der Waals surface area (Å²) in [7, 11) is 1.64. The molecule has 6 heteroatoms. The Bertz CT molecular complexity index is 608. The van der Waals surface area contributed by atoms with E-state index in [4.69, 9.17) is 4.74 Å². The van der Waals surface area contributed by atoms with E-state index in [-0.39, 0.29) is 17.6 Å². The fourth-order valence-corrected chi connectivity index (χ4v) is 3.31. The lowest BCUT2D eigenvalue weighted by molar-refractivity contribution is -0.139. The van der Waals surface area contributed by atoms with E-state index in [2.05, 4.69) is 5.32 Å². The number of piperidine rings is 1. The predicted octanol–water partition coefficient (Wildman–Crippen LogP) is 2.29. The number of amides is 2. The highest BCUT2D eigenvalue weighted by Crippen LogP contribution is 2.29. The van der Waals surface area contributed by atoms with E-state index in [1.807, 2.05) is 0 Å². The summed E-state index contributed by atoms with van der Waals surface area (Å²) in [6, 6.07) is 6.58. The molecule has 138 valence electrons. The molecule has 0 bridgehead atoms. The molecule has 1 fully saturated rings. The highest BCUT2D eigenvalue weighted by atomic mass is 19.1. The van der Waals surface area contributed by atoms with E-state index in [9.17, 15) is 14.0 Å². The molecule has 0 aliphatic carbocycles. The van der Waals surface area contributed by atoms with Crippen LogP contribution < -0.4 is 5.32 Å². The Morgan fingerprint density at radius 3 is 2.80 bits per heavy atom. The van der Waals surface area contributed by atoms with Crippen molar-refractivity contribution in [3.63, 3.8) is 0 Å². The van der Waals surface area contributed by atoms with Gasteiger partial charge in [0, 0.05) is 40.1 Å². The van der Waals surface area contributed by atoms with E-state index in [0.29, 0.717) is 37.9 Å². The van der Waals surface area contributed by atoms with Gasteiger partial charge in [-0.25, -0.2) is 4.39 Å². The number of benzene rings is 1. The molecule has 0 saturated carbocycles. The van der Waals surface area contributed by atoms with Crippen molar-refractivity contribution in [1.29, 1.82) is 0 Å². The highest BCUT2D eigenvalue weighted by Gasteiger charge is 2.36. The van der Waals surface area contributed by atoms with Gasteiger partial charge in [-0.2, -0.15) is 0 Å². The van der Waals surface area contributed by atoms with Gasteiger partial charge in [0.05, 0.1) is 5.60 Å². The molecule has 2 amide bonds. The topological polar surface area (TPSA) is 58.6 Å². The van der Waals surface area contributed by atoms with Crippen LogP contribution >= 0.6 is 0 Å². The molecule has 1 aromatic rings. The highest BCUT2D eigenvalue weighted by molar-refractivity contribution is 5.76. The molecule has 1 aliphatic heterocycles. The van der Waals surface area contributed by atoms with Gasteiger partial charge in [0.15, 0.2) is 0 Å². The number of hydrogen-bond donors (Lipinski definition) is 1. The fraction of sp³-hybridized carbons (Fsp3) is 0.579. The van der Waals surface area contributed by atoms with Gasteiger partial charge in [0.25, 0.3) is 0 Å². The molecule has 1 heterocycles. The first-order chi connectivity index (χ1) is 12.0. The number of rotatable bonds is 7. The summed E-state index contributed by atoms with van der Waals surface area (Å²) >= 11 is 0. The molecule has 2 rings (SSSR count). The van der Waals surface area contributed by atoms with Gasteiger partial charge >= 0.3 is 0 Å². The zero-order valence-corrected chi connectivity index (χ0v) is 15.0. The molecule has 0 spiro atoms. The molecule has 1 atom stereocenters. The Labute approximate surface area is 148 Å². The van der Waals surface area contributed by atoms with Crippen LogP contribution in [0.4, 0.5) is 4.39 Å². The Balaban J connectivity index is 1.78. The monoisotopic (exact) mass is 350 g/mol. The number of hydrogen-bond acceptors (Lipinski definition) is 3. The fourth-order valence-electron chi connectivity index (χ4n) is 3.31. The average Bonchev–Trinajstić information content (AvgIpc) is 2.62. The number of halogens is 1. The largest absolute Gasteiger partial charge is 0.376 e. The van der Waals surface area contributed by atoms with Crippen molar-refractivity contribution in [3.8, 4) is 0 Å². The molecule has 0 aromatic heterocycles. The van der Waals surface area contributed by atoms with Crippen molar-refractivity contribution in [3.05, 3.63) is 35.6 Å². The maximum atomic E-state index is 13.5. The maximum absolute atomic E-state index is 13.5. The Kier molecular flexibility index (Phi) is 6.93. The van der Waals surface area contributed by atoms with Crippen LogP contribution in [0.5, 0.6) is 0 Å². The normalized spacial score (nSPS) is 20.4. The van der Waals surface area contributed by atoms with Crippen LogP contribution in [0.15, 0.2) is 24.3 Å². The molecular formula is C19H27FN2O3. The minimum atomic E-state index is -0.452. The number of ether oxygens (including phenoxy) is 1. The maximum Gasteiger partial charge on any atom is 0.220 e. The van der Waals surface area contributed by atoms with Gasteiger partial charge in [-0.15, -0.1) is 0 Å². The van der Waals surface area contributed by atoms with Crippen molar-refractivity contribution in [2.45, 2.75) is 44.6 Å². The minimum absolute atomic E-state index is 0.0375. The first-order valence-electron chi connectivity index (χ1n) is 8.76. The molecule has 0 radical (unpaired) electrons. The summed E-state index contributed by atoms with van der Waals surface area (Å²) in [5, 5.41) is 2.83. The van der Waals surface area contributed by atoms with E-state index in [0.717, 1.165) is 19.4 Å². The lowest BCUT2D eigenvalue weighted by Crippen LogP contribution is -2.51. The summed E-state index contributed by atoms with van der Waals surface area (Å²) in [4.78, 5) is 25.5. The predicted molar refractivity (Wildman–Crippen MR) is 93.6 cm³/mol. The second kappa shape index (κ2) is 8.94. The first-order valence-corrected chi connectivity index (χ1v) is 8.76. The van der Waals surface area contributed by atoms with Crippen molar-refractivity contribution in [2.75, 3.05) is 26.7 Å². The molecule has 1 N–H and O–H groups in total. The van der Waals surface area contributed by atoms with E-state index in [1.54, 1.807) is 37.1 Å². The van der Waals surface area contributed by atoms with Crippen molar-refractivity contribution < 1.29 is 18.7 Å². The molecule has 0 unspecified atom stereocenters. The van der Waals surface area contributed by atoms with E-state index < -0.39 is 5.60 Å². The number of nitrogens with zero attached hydrogens (tertiary/aromatic N) is 1. The second-order valence-corrected chi connectivity index (χ2v) is 6.62.